The Balaban J connectivity index is 2.23. The highest BCUT2D eigenvalue weighted by Crippen LogP contribution is 2.23. The van der Waals surface area contributed by atoms with Crippen molar-refractivity contribution in [3.05, 3.63) is 57.8 Å². The minimum atomic E-state index is -1.24. The van der Waals surface area contributed by atoms with Crippen LogP contribution in [0.15, 0.2) is 45.8 Å². The molecule has 1 unspecified atom stereocenters. The number of halogens is 2. The molecule has 0 aliphatic heterocycles. The Labute approximate surface area is 122 Å². The maximum absolute atomic E-state index is 13.1. The van der Waals surface area contributed by atoms with Gasteiger partial charge in [0.25, 0.3) is 0 Å². The van der Waals surface area contributed by atoms with Crippen LogP contribution in [0.4, 0.5) is 10.1 Å². The van der Waals surface area contributed by atoms with Crippen molar-refractivity contribution in [2.75, 3.05) is 5.73 Å². The molecule has 0 radical (unpaired) electrons. The average molecular weight is 342 g/mol. The zero-order valence-electron chi connectivity index (χ0n) is 10.3. The van der Waals surface area contributed by atoms with Crippen molar-refractivity contribution in [1.29, 1.82) is 0 Å². The van der Waals surface area contributed by atoms with Crippen LogP contribution in [0.25, 0.3) is 0 Å². The van der Waals surface area contributed by atoms with Gasteiger partial charge in [-0.3, -0.25) is 4.21 Å². The van der Waals surface area contributed by atoms with E-state index >= 15 is 0 Å². The van der Waals surface area contributed by atoms with E-state index in [1.165, 1.54) is 6.07 Å². The van der Waals surface area contributed by atoms with Gasteiger partial charge in [0, 0.05) is 5.69 Å². The first-order chi connectivity index (χ1) is 8.97. The number of hydrogen-bond acceptors (Lipinski definition) is 2. The fraction of sp³-hybridized carbons (Fsp3) is 0.143. The molecule has 2 aromatic carbocycles. The van der Waals surface area contributed by atoms with Crippen molar-refractivity contribution in [3.8, 4) is 0 Å². The zero-order valence-corrected chi connectivity index (χ0v) is 12.7. The molecule has 1 atom stereocenters. The summed E-state index contributed by atoms with van der Waals surface area (Å²) in [4.78, 5) is 0.617. The van der Waals surface area contributed by atoms with Crippen molar-refractivity contribution in [2.24, 2.45) is 0 Å². The lowest BCUT2D eigenvalue weighted by atomic mass is 10.2. The quantitative estimate of drug-likeness (QED) is 0.863. The summed E-state index contributed by atoms with van der Waals surface area (Å²) < 4.78 is 25.8. The van der Waals surface area contributed by atoms with Gasteiger partial charge in [0.1, 0.15) is 5.82 Å². The van der Waals surface area contributed by atoms with Crippen LogP contribution >= 0.6 is 15.9 Å². The van der Waals surface area contributed by atoms with Gasteiger partial charge in [-0.15, -0.1) is 0 Å². The third-order valence-electron chi connectivity index (χ3n) is 2.69. The lowest BCUT2D eigenvalue weighted by Crippen LogP contribution is -2.01. The molecule has 0 amide bonds. The maximum atomic E-state index is 13.1. The molecule has 2 aromatic rings. The Hall–Kier alpha value is -1.20. The first-order valence-corrected chi connectivity index (χ1v) is 7.77. The number of hydrogen-bond donors (Lipinski definition) is 1. The second kappa shape index (κ2) is 5.84. The van der Waals surface area contributed by atoms with Gasteiger partial charge in [-0.25, -0.2) is 4.39 Å². The smallest absolute Gasteiger partial charge is 0.137 e. The van der Waals surface area contributed by atoms with E-state index in [2.05, 4.69) is 15.9 Å². The number of anilines is 1. The Morgan fingerprint density at radius 3 is 2.63 bits per heavy atom. The number of rotatable bonds is 3. The summed E-state index contributed by atoms with van der Waals surface area (Å²) in [5, 5.41) is 0. The summed E-state index contributed by atoms with van der Waals surface area (Å²) in [5.74, 6) is -0.0176. The highest BCUT2D eigenvalue weighted by Gasteiger charge is 2.10. The highest BCUT2D eigenvalue weighted by molar-refractivity contribution is 9.10. The zero-order chi connectivity index (χ0) is 14.0. The van der Waals surface area contributed by atoms with Crippen LogP contribution in [0.3, 0.4) is 0 Å². The minimum absolute atomic E-state index is 0.312. The number of aryl methyl sites for hydroxylation is 1. The fourth-order valence-corrected chi connectivity index (χ4v) is 3.34. The second-order valence-electron chi connectivity index (χ2n) is 4.28. The normalized spacial score (nSPS) is 12.4. The van der Waals surface area contributed by atoms with Crippen molar-refractivity contribution >= 4 is 32.4 Å². The van der Waals surface area contributed by atoms with E-state index in [1.54, 1.807) is 24.3 Å². The van der Waals surface area contributed by atoms with E-state index in [9.17, 15) is 8.60 Å². The minimum Gasteiger partial charge on any atom is -0.398 e. The van der Waals surface area contributed by atoms with Crippen LogP contribution in [-0.2, 0) is 16.6 Å². The lowest BCUT2D eigenvalue weighted by Gasteiger charge is -2.07. The summed E-state index contributed by atoms with van der Waals surface area (Å²) in [6, 6.07) is 10.1. The van der Waals surface area contributed by atoms with Gasteiger partial charge in [0.05, 0.1) is 25.9 Å². The van der Waals surface area contributed by atoms with Crippen LogP contribution < -0.4 is 5.73 Å². The molecule has 0 saturated carbocycles. The Morgan fingerprint density at radius 1 is 1.26 bits per heavy atom. The van der Waals surface area contributed by atoms with Gasteiger partial charge in [-0.05, 0) is 58.2 Å². The topological polar surface area (TPSA) is 43.1 Å². The van der Waals surface area contributed by atoms with Crippen molar-refractivity contribution < 1.29 is 8.60 Å². The number of nitrogens with two attached hydrogens (primary N) is 1. The monoisotopic (exact) mass is 341 g/mol. The first kappa shape index (κ1) is 14.2. The van der Waals surface area contributed by atoms with E-state index < -0.39 is 10.8 Å². The lowest BCUT2D eigenvalue weighted by molar-refractivity contribution is 0.620. The van der Waals surface area contributed by atoms with Crippen molar-refractivity contribution in [3.63, 3.8) is 0 Å². The molecule has 2 N–H and O–H groups in total. The van der Waals surface area contributed by atoms with E-state index in [0.29, 0.717) is 20.8 Å². The van der Waals surface area contributed by atoms with Crippen LogP contribution in [-0.4, -0.2) is 4.21 Å². The molecule has 0 heterocycles. The van der Waals surface area contributed by atoms with Crippen LogP contribution in [0.2, 0.25) is 0 Å². The largest absolute Gasteiger partial charge is 0.398 e. The summed E-state index contributed by atoms with van der Waals surface area (Å²) in [5.41, 5.74) is 8.22. The molecule has 0 saturated heterocycles. The Bertz CT molecular complexity index is 645. The van der Waals surface area contributed by atoms with Crippen LogP contribution in [0.5, 0.6) is 0 Å². The molecule has 100 valence electrons. The highest BCUT2D eigenvalue weighted by atomic mass is 79.9. The van der Waals surface area contributed by atoms with Gasteiger partial charge in [0.15, 0.2) is 0 Å². The van der Waals surface area contributed by atoms with Crippen LogP contribution in [0, 0.1) is 12.7 Å². The summed E-state index contributed by atoms with van der Waals surface area (Å²) in [6.07, 6.45) is 0. The maximum Gasteiger partial charge on any atom is 0.137 e. The van der Waals surface area contributed by atoms with Gasteiger partial charge in [-0.1, -0.05) is 12.1 Å². The van der Waals surface area contributed by atoms with E-state index in [-0.39, 0.29) is 5.82 Å². The Kier molecular flexibility index (Phi) is 4.37. The van der Waals surface area contributed by atoms with E-state index in [0.717, 1.165) is 11.1 Å². The number of nitrogen functional groups attached to an aromatic ring is 1. The molecule has 2 rings (SSSR count). The van der Waals surface area contributed by atoms with Gasteiger partial charge < -0.3 is 5.73 Å². The first-order valence-electron chi connectivity index (χ1n) is 5.66. The molecule has 0 fully saturated rings. The summed E-state index contributed by atoms with van der Waals surface area (Å²) >= 11 is 3.12. The molecule has 0 bridgehead atoms. The molecule has 19 heavy (non-hydrogen) atoms. The molecule has 5 heteroatoms. The molecule has 0 spiro atoms. The van der Waals surface area contributed by atoms with E-state index in [4.69, 9.17) is 5.73 Å². The average Bonchev–Trinajstić information content (AvgIpc) is 2.33. The molecule has 0 aliphatic carbocycles. The second-order valence-corrected chi connectivity index (χ2v) is 6.55. The Morgan fingerprint density at radius 2 is 2.00 bits per heavy atom. The molecular formula is C14H13BrFNOS. The molecular weight excluding hydrogens is 329 g/mol. The van der Waals surface area contributed by atoms with Gasteiger partial charge in [0.2, 0.25) is 0 Å². The number of benzene rings is 2. The van der Waals surface area contributed by atoms with Gasteiger partial charge >= 0.3 is 0 Å². The summed E-state index contributed by atoms with van der Waals surface area (Å²) in [6.45, 7) is 1.93. The molecule has 0 aliphatic rings. The molecule has 2 nitrogen and oxygen atoms in total. The third-order valence-corrected chi connectivity index (χ3v) is 4.76. The molecule has 0 aromatic heterocycles. The van der Waals surface area contributed by atoms with Gasteiger partial charge in [-0.2, -0.15) is 0 Å². The van der Waals surface area contributed by atoms with Crippen molar-refractivity contribution in [2.45, 2.75) is 17.6 Å². The van der Waals surface area contributed by atoms with E-state index in [1.807, 2.05) is 13.0 Å². The summed E-state index contributed by atoms with van der Waals surface area (Å²) in [7, 11) is -1.24. The predicted molar refractivity (Wildman–Crippen MR) is 79.8 cm³/mol. The predicted octanol–water partition coefficient (Wildman–Crippen LogP) is 3.79. The standard InChI is InChI=1S/C14H13BrFNOS/c1-9-2-5-14(13(17)6-9)19(18)8-10-3-4-12(16)11(15)7-10/h2-7H,8,17H2,1H3. The third kappa shape index (κ3) is 3.42. The van der Waals surface area contributed by atoms with Crippen LogP contribution in [0.1, 0.15) is 11.1 Å². The van der Waals surface area contributed by atoms with Crippen molar-refractivity contribution in [1.82, 2.24) is 0 Å². The fourth-order valence-electron chi connectivity index (χ4n) is 1.73. The SMILES string of the molecule is Cc1ccc(S(=O)Cc2ccc(F)c(Br)c2)c(N)c1.